The van der Waals surface area contributed by atoms with Crippen molar-refractivity contribution in [3.05, 3.63) is 78.9 Å². The summed E-state index contributed by atoms with van der Waals surface area (Å²) < 4.78 is 42.4. The van der Waals surface area contributed by atoms with Crippen molar-refractivity contribution in [2.24, 2.45) is 2.59 Å². The molecule has 0 saturated carbocycles. The number of nitrogens with zero attached hydrogens (tertiary/aromatic N) is 1. The van der Waals surface area contributed by atoms with Crippen LogP contribution in [0.5, 0.6) is 11.5 Å². The number of methoxy groups -OCH3 is 2. The molecular weight excluding hydrogens is 478 g/mol. The Morgan fingerprint density at radius 3 is 1.56 bits per heavy atom. The van der Waals surface area contributed by atoms with Gasteiger partial charge in [0.1, 0.15) is 0 Å². The van der Waals surface area contributed by atoms with Gasteiger partial charge in [-0.1, -0.05) is 0 Å². The number of hydrogen-bond acceptors (Lipinski definition) is 4. The first-order valence-electron chi connectivity index (χ1n) is 8.09. The van der Waals surface area contributed by atoms with Crippen molar-refractivity contribution in [3.63, 3.8) is 0 Å². The molecule has 0 unspecified atom stereocenters. The number of rotatable bonds is 6. The van der Waals surface area contributed by atoms with Crippen molar-refractivity contribution in [3.8, 4) is 11.5 Å². The minimum atomic E-state index is -3.75. The molecule has 5 nitrogen and oxygen atoms in total. The zero-order chi connectivity index (χ0) is 19.3. The van der Waals surface area contributed by atoms with Crippen LogP contribution in [0.25, 0.3) is 0 Å². The normalized spacial score (nSPS) is 11.2. The van der Waals surface area contributed by atoms with Crippen molar-refractivity contribution >= 4 is 36.6 Å². The van der Waals surface area contributed by atoms with Crippen molar-refractivity contribution in [2.75, 3.05) is 14.2 Å². The third kappa shape index (κ3) is 4.75. The summed E-state index contributed by atoms with van der Waals surface area (Å²) >= 11 is -2.77. The van der Waals surface area contributed by atoms with E-state index in [1.807, 2.05) is 48.5 Å². The first-order chi connectivity index (χ1) is 13.0. The van der Waals surface area contributed by atoms with Crippen LogP contribution in [0.3, 0.4) is 0 Å². The molecule has 0 atom stereocenters. The molecule has 0 aromatic heterocycles. The number of sulfonamides is 1. The van der Waals surface area contributed by atoms with E-state index >= 15 is 0 Å². The van der Waals surface area contributed by atoms with Gasteiger partial charge in [0, 0.05) is 0 Å². The maximum atomic E-state index is 12.9. The minimum absolute atomic E-state index is 0.206. The predicted octanol–water partition coefficient (Wildman–Crippen LogP) is 2.47. The van der Waals surface area contributed by atoms with Gasteiger partial charge in [0.25, 0.3) is 0 Å². The summed E-state index contributed by atoms with van der Waals surface area (Å²) in [7, 11) is -0.554. The third-order valence-corrected chi connectivity index (χ3v) is 12.1. The Kier molecular flexibility index (Phi) is 6.27. The SMILES string of the molecule is COc1ccc([Te](=NS(=O)(=O)c2ccccc2)c2ccc(OC)cc2)cc1. The van der Waals surface area contributed by atoms with Crippen LogP contribution in [-0.4, -0.2) is 42.0 Å². The van der Waals surface area contributed by atoms with E-state index in [2.05, 4.69) is 2.59 Å². The van der Waals surface area contributed by atoms with Crippen LogP contribution in [0.15, 0.2) is 86.3 Å². The van der Waals surface area contributed by atoms with Crippen molar-refractivity contribution in [1.29, 1.82) is 0 Å². The summed E-state index contributed by atoms with van der Waals surface area (Å²) in [5.74, 6) is 1.44. The Hall–Kier alpha value is -2.20. The first-order valence-corrected chi connectivity index (χ1v) is 12.9. The van der Waals surface area contributed by atoms with Gasteiger partial charge in [0.05, 0.1) is 0 Å². The van der Waals surface area contributed by atoms with Crippen LogP contribution in [0.4, 0.5) is 0 Å². The van der Waals surface area contributed by atoms with Gasteiger partial charge in [-0.05, 0) is 0 Å². The molecule has 0 aliphatic rings. The Bertz CT molecular complexity index is 982. The van der Waals surface area contributed by atoms with Gasteiger partial charge in [-0.15, -0.1) is 0 Å². The molecule has 0 spiro atoms. The Labute approximate surface area is 166 Å². The second-order valence-corrected chi connectivity index (χ2v) is 12.7. The molecule has 0 N–H and O–H groups in total. The average molecular weight is 497 g/mol. The molecule has 27 heavy (non-hydrogen) atoms. The Morgan fingerprint density at radius 1 is 0.704 bits per heavy atom. The predicted molar refractivity (Wildman–Crippen MR) is 107 cm³/mol. The van der Waals surface area contributed by atoms with Crippen LogP contribution in [0.2, 0.25) is 0 Å². The second-order valence-electron chi connectivity index (χ2n) is 5.50. The van der Waals surface area contributed by atoms with Gasteiger partial charge in [-0.25, -0.2) is 0 Å². The summed E-state index contributed by atoms with van der Waals surface area (Å²) in [6.07, 6.45) is 0. The van der Waals surface area contributed by atoms with E-state index in [1.54, 1.807) is 44.6 Å². The van der Waals surface area contributed by atoms with Crippen LogP contribution >= 0.6 is 0 Å². The molecule has 0 aliphatic carbocycles. The molecule has 0 aliphatic heterocycles. The summed E-state index contributed by atoms with van der Waals surface area (Å²) in [6, 6.07) is 23.2. The van der Waals surface area contributed by atoms with E-state index in [4.69, 9.17) is 9.47 Å². The Balaban J connectivity index is 2.13. The second kappa shape index (κ2) is 8.66. The molecule has 3 aromatic carbocycles. The molecule has 0 radical (unpaired) electrons. The molecule has 0 amide bonds. The summed E-state index contributed by atoms with van der Waals surface area (Å²) in [4.78, 5) is 0.206. The maximum absolute atomic E-state index is 12.9. The van der Waals surface area contributed by atoms with Gasteiger partial charge in [-0.3, -0.25) is 0 Å². The zero-order valence-electron chi connectivity index (χ0n) is 14.9. The van der Waals surface area contributed by atoms with Gasteiger partial charge in [0.2, 0.25) is 0 Å². The fourth-order valence-electron chi connectivity index (χ4n) is 2.37. The van der Waals surface area contributed by atoms with E-state index < -0.39 is 29.4 Å². The van der Waals surface area contributed by atoms with Gasteiger partial charge in [-0.2, -0.15) is 0 Å². The fraction of sp³-hybridized carbons (Fsp3) is 0.100. The molecule has 0 saturated heterocycles. The van der Waals surface area contributed by atoms with Crippen LogP contribution < -0.4 is 16.7 Å². The molecule has 3 rings (SSSR count). The molecule has 0 bridgehead atoms. The van der Waals surface area contributed by atoms with E-state index in [-0.39, 0.29) is 4.90 Å². The van der Waals surface area contributed by atoms with E-state index in [0.29, 0.717) is 0 Å². The summed E-state index contributed by atoms with van der Waals surface area (Å²) in [5.41, 5.74) is 0. The molecule has 7 heteroatoms. The number of hydrogen-bond donors (Lipinski definition) is 0. The number of benzene rings is 3. The molecular formula is C20H19NO4STe. The standard InChI is InChI=1S/C20H19NO4STe/c1-24-16-8-12-19(13-9-16)27(20-14-10-17(25-2)11-15-20)21-26(22,23)18-6-4-3-5-7-18/h3-15H,1-2H3. The first kappa shape index (κ1) is 19.6. The fourth-order valence-corrected chi connectivity index (χ4v) is 10.2. The number of ether oxygens (including phenoxy) is 2. The van der Waals surface area contributed by atoms with Gasteiger partial charge in [0.15, 0.2) is 0 Å². The van der Waals surface area contributed by atoms with E-state index in [0.717, 1.165) is 18.7 Å². The van der Waals surface area contributed by atoms with Gasteiger partial charge >= 0.3 is 167 Å². The Morgan fingerprint density at radius 2 is 1.15 bits per heavy atom. The quantitative estimate of drug-likeness (QED) is 0.492. The third-order valence-electron chi connectivity index (χ3n) is 3.78. The molecule has 140 valence electrons. The van der Waals surface area contributed by atoms with Crippen molar-refractivity contribution in [1.82, 2.24) is 0 Å². The summed E-state index contributed by atoms with van der Waals surface area (Å²) in [5, 5.41) is 0. The van der Waals surface area contributed by atoms with Crippen LogP contribution in [-0.2, 0) is 10.0 Å². The average Bonchev–Trinajstić information content (AvgIpc) is 2.73. The van der Waals surface area contributed by atoms with Crippen LogP contribution in [0.1, 0.15) is 0 Å². The monoisotopic (exact) mass is 499 g/mol. The topological polar surface area (TPSA) is 65.0 Å². The molecule has 0 fully saturated rings. The molecule has 3 aromatic rings. The van der Waals surface area contributed by atoms with E-state index in [1.165, 1.54) is 0 Å². The van der Waals surface area contributed by atoms with E-state index in [9.17, 15) is 8.42 Å². The van der Waals surface area contributed by atoms with Crippen molar-refractivity contribution in [2.45, 2.75) is 4.90 Å². The summed E-state index contributed by atoms with van der Waals surface area (Å²) in [6.45, 7) is 0. The zero-order valence-corrected chi connectivity index (χ0v) is 18.0. The van der Waals surface area contributed by atoms with Crippen molar-refractivity contribution < 1.29 is 17.9 Å². The van der Waals surface area contributed by atoms with Gasteiger partial charge < -0.3 is 0 Å². The molecule has 0 heterocycles. The van der Waals surface area contributed by atoms with Crippen LogP contribution in [0, 0.1) is 0 Å².